The van der Waals surface area contributed by atoms with Gasteiger partial charge < -0.3 is 4.90 Å². The van der Waals surface area contributed by atoms with E-state index < -0.39 is 0 Å². The standard InChI is InChI=1S/C22H27N3O/c23-18-20-10-5-4-8-19(20)9-6-7-13-22(26)25-16-14-24(15-17-25)21-11-2-1-3-12-21/h4-10,13,21H,1-3,11-12,14-17H2. The predicted octanol–water partition coefficient (Wildman–Crippen LogP) is 3.60. The van der Waals surface area contributed by atoms with Gasteiger partial charge >= 0.3 is 0 Å². The first-order chi connectivity index (χ1) is 12.8. The first-order valence-corrected chi connectivity index (χ1v) is 9.65. The Bertz CT molecular complexity index is 702. The van der Waals surface area contributed by atoms with Crippen molar-refractivity contribution in [1.82, 2.24) is 9.80 Å². The van der Waals surface area contributed by atoms with Crippen LogP contribution in [0.2, 0.25) is 0 Å². The summed E-state index contributed by atoms with van der Waals surface area (Å²) in [6.45, 7) is 3.63. The Labute approximate surface area is 156 Å². The van der Waals surface area contributed by atoms with E-state index in [1.165, 1.54) is 32.1 Å². The van der Waals surface area contributed by atoms with Crippen molar-refractivity contribution in [2.75, 3.05) is 26.2 Å². The van der Waals surface area contributed by atoms with Crippen LogP contribution in [-0.2, 0) is 4.79 Å². The monoisotopic (exact) mass is 349 g/mol. The Kier molecular flexibility index (Phi) is 6.62. The van der Waals surface area contributed by atoms with Gasteiger partial charge in [0, 0.05) is 38.3 Å². The minimum atomic E-state index is 0.0755. The maximum absolute atomic E-state index is 12.3. The molecule has 0 radical (unpaired) electrons. The lowest BCUT2D eigenvalue weighted by Crippen LogP contribution is -2.52. The molecule has 3 rings (SSSR count). The van der Waals surface area contributed by atoms with E-state index in [0.29, 0.717) is 5.56 Å². The molecule has 1 aromatic rings. The first-order valence-electron chi connectivity index (χ1n) is 9.65. The van der Waals surface area contributed by atoms with Gasteiger partial charge in [-0.25, -0.2) is 0 Å². The van der Waals surface area contributed by atoms with E-state index >= 15 is 0 Å². The van der Waals surface area contributed by atoms with Gasteiger partial charge in [-0.15, -0.1) is 0 Å². The van der Waals surface area contributed by atoms with Crippen LogP contribution in [0.25, 0.3) is 6.08 Å². The van der Waals surface area contributed by atoms with Gasteiger partial charge in [0.15, 0.2) is 0 Å². The second-order valence-corrected chi connectivity index (χ2v) is 7.07. The van der Waals surface area contributed by atoms with Crippen LogP contribution in [-0.4, -0.2) is 47.9 Å². The molecular weight excluding hydrogens is 322 g/mol. The molecule has 0 N–H and O–H groups in total. The van der Waals surface area contributed by atoms with Crippen molar-refractivity contribution in [3.63, 3.8) is 0 Å². The van der Waals surface area contributed by atoms with Crippen molar-refractivity contribution >= 4 is 12.0 Å². The summed E-state index contributed by atoms with van der Waals surface area (Å²) in [6.07, 6.45) is 13.8. The molecule has 0 aromatic heterocycles. The van der Waals surface area contributed by atoms with Crippen LogP contribution < -0.4 is 0 Å². The minimum Gasteiger partial charge on any atom is -0.337 e. The molecule has 1 heterocycles. The summed E-state index contributed by atoms with van der Waals surface area (Å²) in [5.74, 6) is 0.0755. The average Bonchev–Trinajstić information content (AvgIpc) is 2.72. The number of hydrogen-bond donors (Lipinski definition) is 0. The van der Waals surface area contributed by atoms with Gasteiger partial charge in [0.1, 0.15) is 0 Å². The third-order valence-corrected chi connectivity index (χ3v) is 5.42. The largest absolute Gasteiger partial charge is 0.337 e. The second-order valence-electron chi connectivity index (χ2n) is 7.07. The molecule has 1 saturated carbocycles. The van der Waals surface area contributed by atoms with Crippen molar-refractivity contribution in [2.45, 2.75) is 38.1 Å². The quantitative estimate of drug-likeness (QED) is 0.616. The Balaban J connectivity index is 1.47. The molecule has 0 unspecified atom stereocenters. The number of benzene rings is 1. The van der Waals surface area contributed by atoms with Gasteiger partial charge in [-0.2, -0.15) is 5.26 Å². The van der Waals surface area contributed by atoms with Crippen molar-refractivity contribution in [3.8, 4) is 6.07 Å². The number of piperazine rings is 1. The molecule has 4 heteroatoms. The number of nitrogens with zero attached hydrogens (tertiary/aromatic N) is 3. The molecule has 1 aromatic carbocycles. The van der Waals surface area contributed by atoms with E-state index in [9.17, 15) is 4.79 Å². The fourth-order valence-electron chi connectivity index (χ4n) is 3.90. The number of carbonyl (C=O) groups is 1. The smallest absolute Gasteiger partial charge is 0.246 e. The zero-order chi connectivity index (χ0) is 18.2. The van der Waals surface area contributed by atoms with E-state index in [-0.39, 0.29) is 5.91 Å². The average molecular weight is 349 g/mol. The summed E-state index contributed by atoms with van der Waals surface area (Å²) in [5, 5.41) is 9.08. The fraction of sp³-hybridized carbons (Fsp3) is 0.455. The number of rotatable bonds is 4. The molecule has 2 aliphatic rings. The van der Waals surface area contributed by atoms with E-state index in [1.807, 2.05) is 35.3 Å². The summed E-state index contributed by atoms with van der Waals surface area (Å²) in [4.78, 5) is 16.9. The SMILES string of the molecule is N#Cc1ccccc1C=CC=CC(=O)N1CCN(C2CCCCC2)CC1. The van der Waals surface area contributed by atoms with Gasteiger partial charge in [-0.3, -0.25) is 9.69 Å². The van der Waals surface area contributed by atoms with Gasteiger partial charge in [-0.05, 0) is 24.5 Å². The molecule has 4 nitrogen and oxygen atoms in total. The highest BCUT2D eigenvalue weighted by Crippen LogP contribution is 2.23. The van der Waals surface area contributed by atoms with E-state index in [2.05, 4.69) is 11.0 Å². The summed E-state index contributed by atoms with van der Waals surface area (Å²) >= 11 is 0. The van der Waals surface area contributed by atoms with Gasteiger partial charge in [-0.1, -0.05) is 55.7 Å². The minimum absolute atomic E-state index is 0.0755. The molecule has 0 bridgehead atoms. The van der Waals surface area contributed by atoms with Gasteiger partial charge in [0.05, 0.1) is 11.6 Å². The Hall–Kier alpha value is -2.38. The van der Waals surface area contributed by atoms with Gasteiger partial charge in [0.2, 0.25) is 5.91 Å². The third-order valence-electron chi connectivity index (χ3n) is 5.42. The Morgan fingerprint density at radius 2 is 1.77 bits per heavy atom. The van der Waals surface area contributed by atoms with Crippen LogP contribution >= 0.6 is 0 Å². The van der Waals surface area contributed by atoms with Crippen molar-refractivity contribution < 1.29 is 4.79 Å². The Morgan fingerprint density at radius 1 is 1.04 bits per heavy atom. The van der Waals surface area contributed by atoms with E-state index in [0.717, 1.165) is 37.8 Å². The topological polar surface area (TPSA) is 47.3 Å². The number of hydrogen-bond acceptors (Lipinski definition) is 3. The number of amides is 1. The zero-order valence-corrected chi connectivity index (χ0v) is 15.3. The second kappa shape index (κ2) is 9.35. The molecule has 1 amide bonds. The Morgan fingerprint density at radius 3 is 2.50 bits per heavy atom. The summed E-state index contributed by atoms with van der Waals surface area (Å²) < 4.78 is 0. The molecule has 0 spiro atoms. The van der Waals surface area contributed by atoms with Crippen molar-refractivity contribution in [3.05, 3.63) is 53.6 Å². The number of carbonyl (C=O) groups excluding carboxylic acids is 1. The summed E-state index contributed by atoms with van der Waals surface area (Å²) in [6, 6.07) is 10.4. The third kappa shape index (κ3) is 4.83. The number of allylic oxidation sites excluding steroid dienone is 2. The van der Waals surface area contributed by atoms with Crippen LogP contribution in [0.5, 0.6) is 0 Å². The van der Waals surface area contributed by atoms with E-state index in [4.69, 9.17) is 5.26 Å². The lowest BCUT2D eigenvalue weighted by molar-refractivity contribution is -0.128. The summed E-state index contributed by atoms with van der Waals surface area (Å²) in [5.41, 5.74) is 1.51. The normalized spacial score (nSPS) is 19.9. The highest BCUT2D eigenvalue weighted by Gasteiger charge is 2.26. The van der Waals surface area contributed by atoms with Crippen LogP contribution in [0.15, 0.2) is 42.5 Å². The fourth-order valence-corrected chi connectivity index (χ4v) is 3.90. The summed E-state index contributed by atoms with van der Waals surface area (Å²) in [7, 11) is 0. The lowest BCUT2D eigenvalue weighted by atomic mass is 9.94. The highest BCUT2D eigenvalue weighted by molar-refractivity contribution is 5.88. The number of nitriles is 1. The predicted molar refractivity (Wildman–Crippen MR) is 104 cm³/mol. The van der Waals surface area contributed by atoms with Crippen molar-refractivity contribution in [1.29, 1.82) is 5.26 Å². The van der Waals surface area contributed by atoms with Crippen molar-refractivity contribution in [2.24, 2.45) is 0 Å². The molecule has 1 aliphatic carbocycles. The lowest BCUT2D eigenvalue weighted by Gasteiger charge is -2.40. The maximum atomic E-state index is 12.3. The van der Waals surface area contributed by atoms with Crippen LogP contribution in [0.1, 0.15) is 43.2 Å². The molecule has 0 atom stereocenters. The highest BCUT2D eigenvalue weighted by atomic mass is 16.2. The zero-order valence-electron chi connectivity index (χ0n) is 15.3. The molecule has 1 aliphatic heterocycles. The molecule has 136 valence electrons. The van der Waals surface area contributed by atoms with E-state index in [1.54, 1.807) is 18.2 Å². The maximum Gasteiger partial charge on any atom is 0.246 e. The first kappa shape index (κ1) is 18.4. The van der Waals surface area contributed by atoms with Crippen LogP contribution in [0.3, 0.4) is 0 Å². The molecule has 2 fully saturated rings. The molecule has 26 heavy (non-hydrogen) atoms. The van der Waals surface area contributed by atoms with Crippen LogP contribution in [0.4, 0.5) is 0 Å². The molecular formula is C22H27N3O. The van der Waals surface area contributed by atoms with Gasteiger partial charge in [0.25, 0.3) is 0 Å². The molecule has 1 saturated heterocycles. The van der Waals surface area contributed by atoms with Crippen LogP contribution in [0, 0.1) is 11.3 Å².